The van der Waals surface area contributed by atoms with Gasteiger partial charge in [-0.3, -0.25) is 14.7 Å². The van der Waals surface area contributed by atoms with Crippen molar-refractivity contribution < 1.29 is 13.9 Å². The van der Waals surface area contributed by atoms with Crippen molar-refractivity contribution in [1.29, 1.82) is 0 Å². The highest BCUT2D eigenvalue weighted by Gasteiger charge is 2.35. The highest BCUT2D eigenvalue weighted by atomic mass is 19.1. The summed E-state index contributed by atoms with van der Waals surface area (Å²) in [5.74, 6) is -0.856. The van der Waals surface area contributed by atoms with Gasteiger partial charge in [0.25, 0.3) is 5.91 Å². The number of aromatic nitrogens is 3. The Labute approximate surface area is 143 Å². The molecule has 0 bridgehead atoms. The van der Waals surface area contributed by atoms with Crippen LogP contribution < -0.4 is 5.56 Å². The van der Waals surface area contributed by atoms with E-state index >= 15 is 0 Å². The van der Waals surface area contributed by atoms with Crippen molar-refractivity contribution in [3.63, 3.8) is 0 Å². The molecule has 2 aromatic heterocycles. The van der Waals surface area contributed by atoms with Crippen molar-refractivity contribution in [3.05, 3.63) is 33.6 Å². The smallest absolute Gasteiger partial charge is 0.308 e. The number of aryl methyl sites for hydroxylation is 1. The zero-order valence-electron chi connectivity index (χ0n) is 14.1. The van der Waals surface area contributed by atoms with Crippen molar-refractivity contribution in [2.45, 2.75) is 51.2 Å². The summed E-state index contributed by atoms with van der Waals surface area (Å²) in [6, 6.07) is 1.56. The van der Waals surface area contributed by atoms with Gasteiger partial charge >= 0.3 is 5.56 Å². The van der Waals surface area contributed by atoms with E-state index in [1.54, 1.807) is 6.07 Å². The summed E-state index contributed by atoms with van der Waals surface area (Å²) < 4.78 is 20.5. The van der Waals surface area contributed by atoms with E-state index in [9.17, 15) is 14.0 Å². The number of carbonyl (C=O) groups excluding carboxylic acids is 1. The van der Waals surface area contributed by atoms with Gasteiger partial charge in [0.15, 0.2) is 5.65 Å². The maximum atomic E-state index is 13.8. The molecule has 4 heterocycles. The summed E-state index contributed by atoms with van der Waals surface area (Å²) >= 11 is 0. The van der Waals surface area contributed by atoms with Crippen LogP contribution in [0, 0.1) is 12.7 Å². The Kier molecular flexibility index (Phi) is 4.07. The molecule has 8 heteroatoms. The number of nitrogens with one attached hydrogen (secondary N) is 1. The lowest BCUT2D eigenvalue weighted by Crippen LogP contribution is -2.44. The van der Waals surface area contributed by atoms with E-state index in [1.807, 2.05) is 4.90 Å². The Morgan fingerprint density at radius 1 is 1.36 bits per heavy atom. The number of carbonyl (C=O) groups is 1. The van der Waals surface area contributed by atoms with E-state index in [4.69, 9.17) is 4.74 Å². The molecule has 4 rings (SSSR count). The van der Waals surface area contributed by atoms with Gasteiger partial charge in [0.1, 0.15) is 6.10 Å². The number of halogens is 1. The fourth-order valence-electron chi connectivity index (χ4n) is 3.78. The average Bonchev–Trinajstić information content (AvgIpc) is 3.29. The SMILES string of the molecule is Cc1nc2cc([C@@H]3CCCCN3C(=O)[C@H]3CCCO3)[nH]n2c(=O)c1F. The number of aromatic amines is 1. The monoisotopic (exact) mass is 348 g/mol. The minimum atomic E-state index is -0.859. The van der Waals surface area contributed by atoms with Crippen molar-refractivity contribution in [2.24, 2.45) is 0 Å². The van der Waals surface area contributed by atoms with Gasteiger partial charge in [-0.1, -0.05) is 0 Å². The van der Waals surface area contributed by atoms with Crippen LogP contribution in [0.4, 0.5) is 4.39 Å². The molecular weight excluding hydrogens is 327 g/mol. The van der Waals surface area contributed by atoms with Crippen LogP contribution in [0.25, 0.3) is 5.65 Å². The van der Waals surface area contributed by atoms with Gasteiger partial charge < -0.3 is 9.64 Å². The topological polar surface area (TPSA) is 79.7 Å². The Morgan fingerprint density at radius 3 is 2.96 bits per heavy atom. The zero-order valence-corrected chi connectivity index (χ0v) is 14.1. The van der Waals surface area contributed by atoms with Crippen molar-refractivity contribution >= 4 is 11.6 Å². The Hall–Kier alpha value is -2.22. The first-order chi connectivity index (χ1) is 12.1. The number of H-pyrrole nitrogens is 1. The lowest BCUT2D eigenvalue weighted by atomic mass is 9.98. The van der Waals surface area contributed by atoms with Gasteiger partial charge in [-0.2, -0.15) is 8.91 Å². The number of nitrogens with zero attached hydrogens (tertiary/aromatic N) is 3. The van der Waals surface area contributed by atoms with Crippen molar-refractivity contribution in [2.75, 3.05) is 13.2 Å². The fraction of sp³-hybridized carbons (Fsp3) is 0.588. The molecule has 0 spiro atoms. The highest BCUT2D eigenvalue weighted by Crippen LogP contribution is 2.32. The summed E-state index contributed by atoms with van der Waals surface area (Å²) in [6.45, 7) is 2.75. The van der Waals surface area contributed by atoms with E-state index in [1.165, 1.54) is 6.92 Å². The van der Waals surface area contributed by atoms with E-state index in [0.717, 1.165) is 36.6 Å². The number of hydrogen-bond acceptors (Lipinski definition) is 4. The summed E-state index contributed by atoms with van der Waals surface area (Å²) in [4.78, 5) is 30.9. The van der Waals surface area contributed by atoms with Crippen LogP contribution in [0.1, 0.15) is 49.5 Å². The number of fused-ring (bicyclic) bond motifs is 1. The Balaban J connectivity index is 1.71. The number of hydrogen-bond donors (Lipinski definition) is 1. The third-order valence-corrected chi connectivity index (χ3v) is 5.10. The van der Waals surface area contributed by atoms with Crippen LogP contribution in [0.2, 0.25) is 0 Å². The summed E-state index contributed by atoms with van der Waals surface area (Å²) in [5.41, 5.74) is 0.405. The van der Waals surface area contributed by atoms with E-state index in [2.05, 4.69) is 10.1 Å². The molecule has 25 heavy (non-hydrogen) atoms. The van der Waals surface area contributed by atoms with Crippen LogP contribution in [-0.2, 0) is 9.53 Å². The Bertz CT molecular complexity index is 869. The Morgan fingerprint density at radius 2 is 2.20 bits per heavy atom. The van der Waals surface area contributed by atoms with Crippen molar-refractivity contribution in [1.82, 2.24) is 19.5 Å². The third kappa shape index (κ3) is 2.74. The third-order valence-electron chi connectivity index (χ3n) is 5.10. The van der Waals surface area contributed by atoms with E-state index < -0.39 is 11.4 Å². The molecule has 2 atom stereocenters. The molecule has 2 aliphatic rings. The molecule has 0 aromatic carbocycles. The van der Waals surface area contributed by atoms with Crippen LogP contribution >= 0.6 is 0 Å². The predicted molar refractivity (Wildman–Crippen MR) is 87.8 cm³/mol. The summed E-state index contributed by atoms with van der Waals surface area (Å²) in [6.07, 6.45) is 4.01. The molecule has 1 N–H and O–H groups in total. The second-order valence-electron chi connectivity index (χ2n) is 6.77. The zero-order chi connectivity index (χ0) is 17.6. The molecule has 2 fully saturated rings. The highest BCUT2D eigenvalue weighted by molar-refractivity contribution is 5.81. The van der Waals surface area contributed by atoms with Gasteiger partial charge in [0, 0.05) is 19.2 Å². The maximum Gasteiger partial charge on any atom is 0.308 e. The predicted octanol–water partition coefficient (Wildman–Crippen LogP) is 1.70. The van der Waals surface area contributed by atoms with Gasteiger partial charge in [-0.15, -0.1) is 0 Å². The summed E-state index contributed by atoms with van der Waals surface area (Å²) in [5, 5.41) is 2.94. The minimum Gasteiger partial charge on any atom is -0.368 e. The second-order valence-corrected chi connectivity index (χ2v) is 6.77. The average molecular weight is 348 g/mol. The molecule has 7 nitrogen and oxygen atoms in total. The number of piperidine rings is 1. The molecule has 0 unspecified atom stereocenters. The first-order valence-electron chi connectivity index (χ1n) is 8.76. The minimum absolute atomic E-state index is 0.00326. The molecule has 2 saturated heterocycles. The number of ether oxygens (including phenoxy) is 1. The first-order valence-corrected chi connectivity index (χ1v) is 8.76. The van der Waals surface area contributed by atoms with Crippen molar-refractivity contribution in [3.8, 4) is 0 Å². The van der Waals surface area contributed by atoms with Crippen LogP contribution in [-0.4, -0.2) is 44.7 Å². The molecule has 0 radical (unpaired) electrons. The lowest BCUT2D eigenvalue weighted by molar-refractivity contribution is -0.145. The number of rotatable bonds is 2. The second kappa shape index (κ2) is 6.25. The standard InChI is InChI=1S/C17H21FN4O3/c1-10-15(18)17(24)22-14(19-10)9-11(20-22)12-5-2-3-7-21(12)16(23)13-6-4-8-25-13/h9,12-13,20H,2-8H2,1H3/t12-,13+/m0/s1. The van der Waals surface area contributed by atoms with Crippen LogP contribution in [0.3, 0.4) is 0 Å². The molecule has 0 aliphatic carbocycles. The largest absolute Gasteiger partial charge is 0.368 e. The van der Waals surface area contributed by atoms with Gasteiger partial charge in [0.05, 0.1) is 17.4 Å². The van der Waals surface area contributed by atoms with E-state index in [0.29, 0.717) is 24.5 Å². The quantitative estimate of drug-likeness (QED) is 0.896. The molecule has 134 valence electrons. The number of amides is 1. The van der Waals surface area contributed by atoms with Crippen LogP contribution in [0.15, 0.2) is 10.9 Å². The molecule has 1 amide bonds. The van der Waals surface area contributed by atoms with Gasteiger partial charge in [-0.25, -0.2) is 4.98 Å². The first kappa shape index (κ1) is 16.3. The molecular formula is C17H21FN4O3. The van der Waals surface area contributed by atoms with Gasteiger partial charge in [-0.05, 0) is 39.0 Å². The summed E-state index contributed by atoms with van der Waals surface area (Å²) in [7, 11) is 0. The fourth-order valence-corrected chi connectivity index (χ4v) is 3.78. The normalized spacial score (nSPS) is 24.2. The van der Waals surface area contributed by atoms with E-state index in [-0.39, 0.29) is 23.7 Å². The van der Waals surface area contributed by atoms with Crippen LogP contribution in [0.5, 0.6) is 0 Å². The van der Waals surface area contributed by atoms with Gasteiger partial charge in [0.2, 0.25) is 5.82 Å². The lowest BCUT2D eigenvalue weighted by Gasteiger charge is -2.36. The maximum absolute atomic E-state index is 13.8. The number of likely N-dealkylation sites (tertiary alicyclic amines) is 1. The molecule has 2 aliphatic heterocycles. The molecule has 2 aromatic rings. The molecule has 0 saturated carbocycles.